The summed E-state index contributed by atoms with van der Waals surface area (Å²) in [6.45, 7) is 2.53. The molecule has 0 atom stereocenters. The molecule has 112 valence electrons. The number of rotatable bonds is 6. The number of para-hydroxylation sites is 2. The van der Waals surface area contributed by atoms with E-state index in [-0.39, 0.29) is 4.90 Å². The molecule has 2 aromatic rings. The molecule has 0 aliphatic carbocycles. The molecule has 0 aliphatic rings. The van der Waals surface area contributed by atoms with E-state index in [1.54, 1.807) is 42.5 Å². The second-order valence-electron chi connectivity index (χ2n) is 4.41. The molecule has 2 aromatic carbocycles. The Kier molecular flexibility index (Phi) is 5.25. The summed E-state index contributed by atoms with van der Waals surface area (Å²) < 4.78 is 33.6. The van der Waals surface area contributed by atoms with Crippen molar-refractivity contribution in [3.05, 3.63) is 53.0 Å². The minimum Gasteiger partial charge on any atom is -0.491 e. The van der Waals surface area contributed by atoms with Gasteiger partial charge in [-0.25, -0.2) is 8.42 Å². The van der Waals surface area contributed by atoms with E-state index in [2.05, 4.69) is 20.7 Å². The van der Waals surface area contributed by atoms with Gasteiger partial charge < -0.3 is 4.74 Å². The second-order valence-corrected chi connectivity index (χ2v) is 7.01. The lowest BCUT2D eigenvalue weighted by Gasteiger charge is -2.13. The average Bonchev–Trinajstić information content (AvgIpc) is 2.46. The molecule has 1 N–H and O–H groups in total. The highest BCUT2D eigenvalue weighted by Crippen LogP contribution is 2.27. The Balaban J connectivity index is 2.29. The lowest BCUT2D eigenvalue weighted by molar-refractivity contribution is 0.319. The van der Waals surface area contributed by atoms with Gasteiger partial charge in [-0.05, 0) is 36.8 Å². The Bertz CT molecular complexity index is 716. The maximum absolute atomic E-state index is 12.4. The third-order valence-corrected chi connectivity index (χ3v) is 4.56. The first kappa shape index (κ1) is 15.9. The van der Waals surface area contributed by atoms with Crippen LogP contribution in [0.3, 0.4) is 0 Å². The predicted molar refractivity (Wildman–Crippen MR) is 87.2 cm³/mol. The van der Waals surface area contributed by atoms with Crippen molar-refractivity contribution < 1.29 is 13.2 Å². The molecule has 2 rings (SSSR count). The highest BCUT2D eigenvalue weighted by molar-refractivity contribution is 9.10. The summed E-state index contributed by atoms with van der Waals surface area (Å²) in [5.74, 6) is 0.526. The summed E-state index contributed by atoms with van der Waals surface area (Å²) in [6, 6.07) is 13.5. The normalized spacial score (nSPS) is 11.1. The Hall–Kier alpha value is -1.53. The number of hydrogen-bond donors (Lipinski definition) is 1. The van der Waals surface area contributed by atoms with Crippen LogP contribution in [0.2, 0.25) is 0 Å². The van der Waals surface area contributed by atoms with E-state index in [9.17, 15) is 8.42 Å². The fraction of sp³-hybridized carbons (Fsp3) is 0.200. The smallest absolute Gasteiger partial charge is 0.262 e. The number of sulfonamides is 1. The molecule has 0 aliphatic heterocycles. The Morgan fingerprint density at radius 2 is 1.90 bits per heavy atom. The van der Waals surface area contributed by atoms with Gasteiger partial charge in [0.15, 0.2) is 0 Å². The van der Waals surface area contributed by atoms with Gasteiger partial charge >= 0.3 is 0 Å². The summed E-state index contributed by atoms with van der Waals surface area (Å²) in [5, 5.41) is 0. The molecule has 0 amide bonds. The molecule has 0 bridgehead atoms. The second kappa shape index (κ2) is 6.95. The standard InChI is InChI=1S/C15H16BrNO3S/c1-2-10-20-15-9-4-3-8-14(15)17-21(18,19)13-7-5-6-12(16)11-13/h3-9,11,17H,2,10H2,1H3. The van der Waals surface area contributed by atoms with Crippen LogP contribution in [0, 0.1) is 0 Å². The third kappa shape index (κ3) is 4.22. The topological polar surface area (TPSA) is 55.4 Å². The summed E-state index contributed by atoms with van der Waals surface area (Å²) in [6.07, 6.45) is 0.854. The highest BCUT2D eigenvalue weighted by Gasteiger charge is 2.16. The van der Waals surface area contributed by atoms with E-state index in [1.807, 2.05) is 13.0 Å². The van der Waals surface area contributed by atoms with Crippen LogP contribution in [-0.4, -0.2) is 15.0 Å². The van der Waals surface area contributed by atoms with Crippen molar-refractivity contribution >= 4 is 31.6 Å². The molecular weight excluding hydrogens is 354 g/mol. The van der Waals surface area contributed by atoms with Crippen LogP contribution >= 0.6 is 15.9 Å². The molecule has 0 fully saturated rings. The first-order valence-corrected chi connectivity index (χ1v) is 8.81. The number of hydrogen-bond acceptors (Lipinski definition) is 3. The summed E-state index contributed by atoms with van der Waals surface area (Å²) in [7, 11) is -3.64. The lowest BCUT2D eigenvalue weighted by atomic mass is 10.3. The molecule has 4 nitrogen and oxygen atoms in total. The molecule has 0 unspecified atom stereocenters. The SMILES string of the molecule is CCCOc1ccccc1NS(=O)(=O)c1cccc(Br)c1. The van der Waals surface area contributed by atoms with Crippen LogP contribution in [0.15, 0.2) is 57.9 Å². The van der Waals surface area contributed by atoms with Gasteiger partial charge in [0.1, 0.15) is 5.75 Å². The van der Waals surface area contributed by atoms with Gasteiger partial charge in [0, 0.05) is 4.47 Å². The maximum atomic E-state index is 12.4. The number of ether oxygens (including phenoxy) is 1. The molecule has 0 saturated heterocycles. The summed E-state index contributed by atoms with van der Waals surface area (Å²) >= 11 is 3.27. The zero-order valence-electron chi connectivity index (χ0n) is 11.5. The first-order chi connectivity index (χ1) is 10.0. The molecular formula is C15H16BrNO3S. The fourth-order valence-corrected chi connectivity index (χ4v) is 3.39. The van der Waals surface area contributed by atoms with Crippen LogP contribution < -0.4 is 9.46 Å². The van der Waals surface area contributed by atoms with Crippen molar-refractivity contribution in [2.45, 2.75) is 18.2 Å². The van der Waals surface area contributed by atoms with Crippen molar-refractivity contribution in [3.8, 4) is 5.75 Å². The van der Waals surface area contributed by atoms with Gasteiger partial charge in [0.25, 0.3) is 10.0 Å². The first-order valence-electron chi connectivity index (χ1n) is 6.53. The van der Waals surface area contributed by atoms with Crippen LogP contribution in [0.25, 0.3) is 0 Å². The number of benzene rings is 2. The number of nitrogens with one attached hydrogen (secondary N) is 1. The van der Waals surface area contributed by atoms with Gasteiger partial charge in [-0.2, -0.15) is 0 Å². The van der Waals surface area contributed by atoms with Gasteiger partial charge in [-0.15, -0.1) is 0 Å². The highest BCUT2D eigenvalue weighted by atomic mass is 79.9. The fourth-order valence-electron chi connectivity index (χ4n) is 1.73. The van der Waals surface area contributed by atoms with E-state index < -0.39 is 10.0 Å². The van der Waals surface area contributed by atoms with Crippen LogP contribution in [0.1, 0.15) is 13.3 Å². The van der Waals surface area contributed by atoms with Crippen molar-refractivity contribution in [3.63, 3.8) is 0 Å². The van der Waals surface area contributed by atoms with Gasteiger partial charge in [0.2, 0.25) is 0 Å². The van der Waals surface area contributed by atoms with Crippen LogP contribution in [-0.2, 0) is 10.0 Å². The molecule has 21 heavy (non-hydrogen) atoms. The molecule has 0 radical (unpaired) electrons. The number of halogens is 1. The number of anilines is 1. The lowest BCUT2D eigenvalue weighted by Crippen LogP contribution is -2.14. The molecule has 6 heteroatoms. The van der Waals surface area contributed by atoms with E-state index in [4.69, 9.17) is 4.74 Å². The van der Waals surface area contributed by atoms with Crippen molar-refractivity contribution in [2.75, 3.05) is 11.3 Å². The zero-order valence-corrected chi connectivity index (χ0v) is 13.9. The Labute approximate surface area is 133 Å². The Morgan fingerprint density at radius 1 is 1.14 bits per heavy atom. The average molecular weight is 370 g/mol. The van der Waals surface area contributed by atoms with Crippen molar-refractivity contribution in [1.82, 2.24) is 0 Å². The van der Waals surface area contributed by atoms with Gasteiger partial charge in [-0.3, -0.25) is 4.72 Å². The molecule has 0 spiro atoms. The van der Waals surface area contributed by atoms with Crippen molar-refractivity contribution in [1.29, 1.82) is 0 Å². The largest absolute Gasteiger partial charge is 0.491 e. The van der Waals surface area contributed by atoms with E-state index in [0.29, 0.717) is 22.5 Å². The van der Waals surface area contributed by atoms with E-state index in [0.717, 1.165) is 6.42 Å². The zero-order chi connectivity index (χ0) is 15.3. The summed E-state index contributed by atoms with van der Waals surface area (Å²) in [5.41, 5.74) is 0.436. The quantitative estimate of drug-likeness (QED) is 0.835. The molecule has 0 saturated carbocycles. The monoisotopic (exact) mass is 369 g/mol. The van der Waals surface area contributed by atoms with E-state index >= 15 is 0 Å². The minimum atomic E-state index is -3.64. The van der Waals surface area contributed by atoms with Crippen LogP contribution in [0.5, 0.6) is 5.75 Å². The van der Waals surface area contributed by atoms with E-state index in [1.165, 1.54) is 0 Å². The Morgan fingerprint density at radius 3 is 2.62 bits per heavy atom. The van der Waals surface area contributed by atoms with Crippen molar-refractivity contribution in [2.24, 2.45) is 0 Å². The minimum absolute atomic E-state index is 0.196. The predicted octanol–water partition coefficient (Wildman–Crippen LogP) is 4.04. The summed E-state index contributed by atoms with van der Waals surface area (Å²) in [4.78, 5) is 0.196. The third-order valence-electron chi connectivity index (χ3n) is 2.70. The van der Waals surface area contributed by atoms with Crippen LogP contribution in [0.4, 0.5) is 5.69 Å². The molecule has 0 heterocycles. The van der Waals surface area contributed by atoms with Gasteiger partial charge in [-0.1, -0.05) is 41.1 Å². The molecule has 0 aromatic heterocycles. The van der Waals surface area contributed by atoms with Gasteiger partial charge in [0.05, 0.1) is 17.2 Å². The maximum Gasteiger partial charge on any atom is 0.262 e.